The van der Waals surface area contributed by atoms with Gasteiger partial charge in [-0.2, -0.15) is 0 Å². The van der Waals surface area contributed by atoms with Crippen LogP contribution in [-0.4, -0.2) is 22.1 Å². The molecule has 3 unspecified atom stereocenters. The molecule has 0 spiro atoms. The molecule has 2 bridgehead atoms. The third-order valence-electron chi connectivity index (χ3n) is 4.33. The molecule has 0 saturated heterocycles. The third kappa shape index (κ3) is 2.83. The SMILES string of the molecule is CC1=CC2CC(C1)CC(NCCn1ccnc1)C2. The first-order valence-electron chi connectivity index (χ1n) is 7.16. The Bertz CT molecular complexity index is 407. The van der Waals surface area contributed by atoms with E-state index in [0.717, 1.165) is 31.0 Å². The van der Waals surface area contributed by atoms with Gasteiger partial charge in [0.05, 0.1) is 6.33 Å². The van der Waals surface area contributed by atoms with Crippen LogP contribution in [0.3, 0.4) is 0 Å². The number of fused-ring (bicyclic) bond motifs is 2. The molecule has 18 heavy (non-hydrogen) atoms. The van der Waals surface area contributed by atoms with Gasteiger partial charge in [-0.15, -0.1) is 0 Å². The molecule has 0 aromatic carbocycles. The molecule has 3 nitrogen and oxygen atoms in total. The van der Waals surface area contributed by atoms with Crippen LogP contribution in [0.25, 0.3) is 0 Å². The van der Waals surface area contributed by atoms with Gasteiger partial charge < -0.3 is 9.88 Å². The maximum Gasteiger partial charge on any atom is 0.0946 e. The van der Waals surface area contributed by atoms with E-state index in [-0.39, 0.29) is 0 Å². The fraction of sp³-hybridized carbons (Fsp3) is 0.667. The highest BCUT2D eigenvalue weighted by molar-refractivity contribution is 5.10. The number of hydrogen-bond acceptors (Lipinski definition) is 2. The fourth-order valence-electron chi connectivity index (χ4n) is 3.70. The van der Waals surface area contributed by atoms with Crippen LogP contribution in [0.15, 0.2) is 30.4 Å². The van der Waals surface area contributed by atoms with Gasteiger partial charge >= 0.3 is 0 Å². The molecule has 3 atom stereocenters. The molecule has 3 rings (SSSR count). The number of aromatic nitrogens is 2. The lowest BCUT2D eigenvalue weighted by molar-refractivity contribution is 0.227. The van der Waals surface area contributed by atoms with Crippen molar-refractivity contribution in [3.63, 3.8) is 0 Å². The van der Waals surface area contributed by atoms with E-state index in [1.807, 2.05) is 18.7 Å². The van der Waals surface area contributed by atoms with Crippen molar-refractivity contribution in [2.24, 2.45) is 11.8 Å². The van der Waals surface area contributed by atoms with Crippen molar-refractivity contribution >= 4 is 0 Å². The first-order chi connectivity index (χ1) is 8.79. The number of nitrogens with zero attached hydrogens (tertiary/aromatic N) is 2. The van der Waals surface area contributed by atoms with Crippen molar-refractivity contribution < 1.29 is 0 Å². The van der Waals surface area contributed by atoms with Crippen molar-refractivity contribution in [1.82, 2.24) is 14.9 Å². The van der Waals surface area contributed by atoms with Gasteiger partial charge in [0.15, 0.2) is 0 Å². The van der Waals surface area contributed by atoms with Gasteiger partial charge in [-0.25, -0.2) is 4.98 Å². The molecule has 1 heterocycles. The van der Waals surface area contributed by atoms with E-state index in [4.69, 9.17) is 0 Å². The van der Waals surface area contributed by atoms with Crippen molar-refractivity contribution in [3.05, 3.63) is 30.4 Å². The predicted octanol–water partition coefficient (Wildman–Crippen LogP) is 2.61. The first kappa shape index (κ1) is 12.0. The van der Waals surface area contributed by atoms with Crippen LogP contribution < -0.4 is 5.32 Å². The second-order valence-corrected chi connectivity index (χ2v) is 6.00. The molecular weight excluding hydrogens is 222 g/mol. The molecule has 1 aromatic rings. The summed E-state index contributed by atoms with van der Waals surface area (Å²) in [6.45, 7) is 4.38. The summed E-state index contributed by atoms with van der Waals surface area (Å²) in [4.78, 5) is 4.07. The molecule has 1 aromatic heterocycles. The summed E-state index contributed by atoms with van der Waals surface area (Å²) in [6.07, 6.45) is 13.7. The molecule has 0 radical (unpaired) electrons. The van der Waals surface area contributed by atoms with Crippen LogP contribution in [0.2, 0.25) is 0 Å². The zero-order valence-corrected chi connectivity index (χ0v) is 11.2. The third-order valence-corrected chi connectivity index (χ3v) is 4.33. The summed E-state index contributed by atoms with van der Waals surface area (Å²) in [7, 11) is 0. The van der Waals surface area contributed by atoms with Crippen molar-refractivity contribution in [1.29, 1.82) is 0 Å². The zero-order valence-electron chi connectivity index (χ0n) is 11.2. The monoisotopic (exact) mass is 245 g/mol. The standard InChI is InChI=1S/C15H23N3/c1-12-6-13-8-14(7-12)10-15(9-13)17-3-5-18-4-2-16-11-18/h2,4,6,11,13-15,17H,3,5,7-10H2,1H3. The summed E-state index contributed by atoms with van der Waals surface area (Å²) < 4.78 is 2.14. The molecule has 98 valence electrons. The molecular formula is C15H23N3. The normalized spacial score (nSPS) is 31.2. The molecule has 3 heteroatoms. The number of allylic oxidation sites excluding steroid dienone is 2. The van der Waals surface area contributed by atoms with Crippen LogP contribution in [0.1, 0.15) is 32.6 Å². The first-order valence-corrected chi connectivity index (χ1v) is 7.16. The lowest BCUT2D eigenvalue weighted by Gasteiger charge is -2.38. The predicted molar refractivity (Wildman–Crippen MR) is 73.2 cm³/mol. The van der Waals surface area contributed by atoms with Gasteiger partial charge in [0.2, 0.25) is 0 Å². The second kappa shape index (κ2) is 5.27. The highest BCUT2D eigenvalue weighted by atomic mass is 15.0. The van der Waals surface area contributed by atoms with Crippen LogP contribution in [0.4, 0.5) is 0 Å². The average molecular weight is 245 g/mol. The fourth-order valence-corrected chi connectivity index (χ4v) is 3.70. The molecule has 1 saturated carbocycles. The summed E-state index contributed by atoms with van der Waals surface area (Å²) in [5.41, 5.74) is 1.62. The van der Waals surface area contributed by atoms with E-state index in [0.29, 0.717) is 0 Å². The Morgan fingerprint density at radius 3 is 3.11 bits per heavy atom. The van der Waals surface area contributed by atoms with E-state index < -0.39 is 0 Å². The van der Waals surface area contributed by atoms with Crippen molar-refractivity contribution in [2.45, 2.75) is 45.2 Å². The summed E-state index contributed by atoms with van der Waals surface area (Å²) >= 11 is 0. The Kier molecular flexibility index (Phi) is 3.50. The Balaban J connectivity index is 1.47. The van der Waals surface area contributed by atoms with Crippen LogP contribution >= 0.6 is 0 Å². The summed E-state index contributed by atoms with van der Waals surface area (Å²) in [5, 5.41) is 3.73. The maximum atomic E-state index is 4.07. The van der Waals surface area contributed by atoms with E-state index in [1.165, 1.54) is 25.7 Å². The Morgan fingerprint density at radius 1 is 1.39 bits per heavy atom. The van der Waals surface area contributed by atoms with Gasteiger partial charge in [-0.1, -0.05) is 11.6 Å². The summed E-state index contributed by atoms with van der Waals surface area (Å²) in [5.74, 6) is 1.77. The highest BCUT2D eigenvalue weighted by Gasteiger charge is 2.30. The smallest absolute Gasteiger partial charge is 0.0946 e. The molecule has 2 aliphatic rings. The van der Waals surface area contributed by atoms with E-state index in [9.17, 15) is 0 Å². The Labute approximate surface area is 109 Å². The molecule has 0 amide bonds. The molecule has 2 aliphatic carbocycles. The lowest BCUT2D eigenvalue weighted by atomic mass is 9.72. The average Bonchev–Trinajstić information content (AvgIpc) is 2.80. The Hall–Kier alpha value is -1.09. The van der Waals surface area contributed by atoms with Crippen LogP contribution in [0, 0.1) is 11.8 Å². The Morgan fingerprint density at radius 2 is 2.33 bits per heavy atom. The number of rotatable bonds is 4. The highest BCUT2D eigenvalue weighted by Crippen LogP contribution is 2.38. The van der Waals surface area contributed by atoms with Gasteiger partial charge in [0.1, 0.15) is 0 Å². The van der Waals surface area contributed by atoms with E-state index in [1.54, 1.807) is 5.57 Å². The molecule has 1 fully saturated rings. The van der Waals surface area contributed by atoms with E-state index in [2.05, 4.69) is 27.9 Å². The van der Waals surface area contributed by atoms with Gasteiger partial charge in [-0.05, 0) is 44.4 Å². The number of imidazole rings is 1. The number of hydrogen-bond donors (Lipinski definition) is 1. The minimum absolute atomic E-state index is 0.724. The van der Waals surface area contributed by atoms with E-state index >= 15 is 0 Å². The lowest BCUT2D eigenvalue weighted by Crippen LogP contribution is -2.39. The van der Waals surface area contributed by atoms with Gasteiger partial charge in [0.25, 0.3) is 0 Å². The minimum Gasteiger partial charge on any atom is -0.336 e. The summed E-state index contributed by atoms with van der Waals surface area (Å²) in [6, 6.07) is 0.724. The zero-order chi connectivity index (χ0) is 12.4. The number of nitrogens with one attached hydrogen (secondary N) is 1. The molecule has 0 aliphatic heterocycles. The van der Waals surface area contributed by atoms with Crippen LogP contribution in [0.5, 0.6) is 0 Å². The molecule has 1 N–H and O–H groups in total. The topological polar surface area (TPSA) is 29.9 Å². The maximum absolute atomic E-state index is 4.07. The van der Waals surface area contributed by atoms with Crippen molar-refractivity contribution in [2.75, 3.05) is 6.54 Å². The van der Waals surface area contributed by atoms with Crippen molar-refractivity contribution in [3.8, 4) is 0 Å². The van der Waals surface area contributed by atoms with Gasteiger partial charge in [0, 0.05) is 31.5 Å². The van der Waals surface area contributed by atoms with Gasteiger partial charge in [-0.3, -0.25) is 0 Å². The quantitative estimate of drug-likeness (QED) is 0.826. The largest absolute Gasteiger partial charge is 0.336 e. The minimum atomic E-state index is 0.724. The second-order valence-electron chi connectivity index (χ2n) is 6.00. The van der Waals surface area contributed by atoms with Crippen LogP contribution in [-0.2, 0) is 6.54 Å².